The number of aromatic amines is 1. The van der Waals surface area contributed by atoms with Gasteiger partial charge in [0, 0.05) is 26.1 Å². The number of methoxy groups -OCH3 is 1. The minimum Gasteiger partial charge on any atom is -0.384 e. The summed E-state index contributed by atoms with van der Waals surface area (Å²) < 4.78 is 5.09. The lowest BCUT2D eigenvalue weighted by Crippen LogP contribution is -2.29. The van der Waals surface area contributed by atoms with Gasteiger partial charge in [0.25, 0.3) is 5.91 Å². The van der Waals surface area contributed by atoms with Gasteiger partial charge in [-0.3, -0.25) is 9.89 Å². The van der Waals surface area contributed by atoms with Gasteiger partial charge in [-0.15, -0.1) is 0 Å². The monoisotopic (exact) mass is 224 g/mol. The average Bonchev–Trinajstić information content (AvgIpc) is 2.87. The van der Waals surface area contributed by atoms with Gasteiger partial charge in [0.15, 0.2) is 0 Å². The SMILES string of the molecule is COCC1CCN(C(=O)c2cn[nH]c2N)C1. The van der Waals surface area contributed by atoms with Crippen molar-refractivity contribution >= 4 is 11.7 Å². The molecule has 1 aromatic rings. The molecule has 1 atom stereocenters. The second kappa shape index (κ2) is 4.52. The second-order valence-electron chi connectivity index (χ2n) is 4.06. The minimum atomic E-state index is -0.0511. The van der Waals surface area contributed by atoms with E-state index in [9.17, 15) is 4.79 Å². The fraction of sp³-hybridized carbons (Fsp3) is 0.600. The standard InChI is InChI=1S/C10H16N4O2/c1-16-6-7-2-3-14(5-7)10(15)8-4-12-13-9(8)11/h4,7H,2-3,5-6H2,1H3,(H3,11,12,13). The van der Waals surface area contributed by atoms with Crippen molar-refractivity contribution in [1.29, 1.82) is 0 Å². The van der Waals surface area contributed by atoms with Crippen molar-refractivity contribution in [2.75, 3.05) is 32.5 Å². The van der Waals surface area contributed by atoms with Crippen molar-refractivity contribution in [3.63, 3.8) is 0 Å². The number of carbonyl (C=O) groups is 1. The van der Waals surface area contributed by atoms with Gasteiger partial charge in [-0.2, -0.15) is 5.10 Å². The van der Waals surface area contributed by atoms with E-state index in [0.29, 0.717) is 23.9 Å². The number of nitrogens with one attached hydrogen (secondary N) is 1. The van der Waals surface area contributed by atoms with Gasteiger partial charge in [-0.1, -0.05) is 0 Å². The Hall–Kier alpha value is -1.56. The Morgan fingerprint density at radius 3 is 3.25 bits per heavy atom. The van der Waals surface area contributed by atoms with Crippen molar-refractivity contribution < 1.29 is 9.53 Å². The van der Waals surface area contributed by atoms with E-state index in [-0.39, 0.29) is 5.91 Å². The molecule has 1 aromatic heterocycles. The summed E-state index contributed by atoms with van der Waals surface area (Å²) in [6, 6.07) is 0. The number of anilines is 1. The summed E-state index contributed by atoms with van der Waals surface area (Å²) in [4.78, 5) is 13.8. The third kappa shape index (κ3) is 2.01. The summed E-state index contributed by atoms with van der Waals surface area (Å²) in [5.41, 5.74) is 6.07. The molecule has 3 N–H and O–H groups in total. The zero-order chi connectivity index (χ0) is 11.5. The molecule has 1 fully saturated rings. The minimum absolute atomic E-state index is 0.0511. The Balaban J connectivity index is 2.00. The lowest BCUT2D eigenvalue weighted by molar-refractivity contribution is 0.0776. The molecule has 0 saturated carbocycles. The summed E-state index contributed by atoms with van der Waals surface area (Å²) in [6.45, 7) is 2.19. The van der Waals surface area contributed by atoms with Crippen LogP contribution in [-0.4, -0.2) is 47.8 Å². The van der Waals surface area contributed by atoms with Crippen LogP contribution in [0.5, 0.6) is 0 Å². The number of nitrogens with two attached hydrogens (primary N) is 1. The van der Waals surface area contributed by atoms with Gasteiger partial charge >= 0.3 is 0 Å². The van der Waals surface area contributed by atoms with Gasteiger partial charge in [0.2, 0.25) is 0 Å². The Labute approximate surface area is 93.8 Å². The summed E-state index contributed by atoms with van der Waals surface area (Å²) in [5, 5.41) is 6.31. The van der Waals surface area contributed by atoms with Crippen LogP contribution in [0.1, 0.15) is 16.8 Å². The smallest absolute Gasteiger partial charge is 0.259 e. The molecule has 2 heterocycles. The number of carbonyl (C=O) groups excluding carboxylic acids is 1. The zero-order valence-corrected chi connectivity index (χ0v) is 9.27. The van der Waals surface area contributed by atoms with E-state index >= 15 is 0 Å². The van der Waals surface area contributed by atoms with Crippen LogP contribution in [-0.2, 0) is 4.74 Å². The first-order chi connectivity index (χ1) is 7.72. The van der Waals surface area contributed by atoms with E-state index in [0.717, 1.165) is 19.5 Å². The van der Waals surface area contributed by atoms with Crippen LogP contribution < -0.4 is 5.73 Å². The van der Waals surface area contributed by atoms with Crippen LogP contribution in [0.15, 0.2) is 6.20 Å². The normalized spacial score (nSPS) is 20.3. The second-order valence-corrected chi connectivity index (χ2v) is 4.06. The first kappa shape index (κ1) is 10.9. The molecular weight excluding hydrogens is 208 g/mol. The van der Waals surface area contributed by atoms with E-state index in [4.69, 9.17) is 10.5 Å². The predicted octanol–water partition coefficient (Wildman–Crippen LogP) is 0.100. The molecule has 1 saturated heterocycles. The molecule has 0 spiro atoms. The maximum Gasteiger partial charge on any atom is 0.259 e. The number of ether oxygens (including phenoxy) is 1. The van der Waals surface area contributed by atoms with E-state index in [1.807, 2.05) is 0 Å². The van der Waals surface area contributed by atoms with Crippen LogP contribution in [0.25, 0.3) is 0 Å². The van der Waals surface area contributed by atoms with E-state index in [1.165, 1.54) is 6.20 Å². The van der Waals surface area contributed by atoms with Gasteiger partial charge < -0.3 is 15.4 Å². The fourth-order valence-electron chi connectivity index (χ4n) is 2.03. The molecular formula is C10H16N4O2. The van der Waals surface area contributed by atoms with Gasteiger partial charge in [0.05, 0.1) is 12.8 Å². The summed E-state index contributed by atoms with van der Waals surface area (Å²) >= 11 is 0. The van der Waals surface area contributed by atoms with E-state index in [1.54, 1.807) is 12.0 Å². The van der Waals surface area contributed by atoms with Crippen LogP contribution in [0, 0.1) is 5.92 Å². The molecule has 1 unspecified atom stereocenters. The lowest BCUT2D eigenvalue weighted by Gasteiger charge is -2.15. The molecule has 2 rings (SSSR count). The Bertz CT molecular complexity index is 377. The topological polar surface area (TPSA) is 84.2 Å². The molecule has 0 aromatic carbocycles. The first-order valence-corrected chi connectivity index (χ1v) is 5.29. The molecule has 1 aliphatic rings. The molecule has 88 valence electrons. The number of aromatic nitrogens is 2. The van der Waals surface area contributed by atoms with Crippen LogP contribution in [0.3, 0.4) is 0 Å². The van der Waals surface area contributed by atoms with Crippen molar-refractivity contribution in [2.45, 2.75) is 6.42 Å². The summed E-state index contributed by atoms with van der Waals surface area (Å²) in [7, 11) is 1.68. The Morgan fingerprint density at radius 1 is 1.81 bits per heavy atom. The van der Waals surface area contributed by atoms with Crippen LogP contribution >= 0.6 is 0 Å². The maximum absolute atomic E-state index is 12.0. The number of hydrogen-bond acceptors (Lipinski definition) is 4. The van der Waals surface area contributed by atoms with Gasteiger partial charge in [-0.05, 0) is 6.42 Å². The summed E-state index contributed by atoms with van der Waals surface area (Å²) in [6.07, 6.45) is 2.46. The van der Waals surface area contributed by atoms with Crippen molar-refractivity contribution in [1.82, 2.24) is 15.1 Å². The molecule has 0 radical (unpaired) electrons. The maximum atomic E-state index is 12.0. The number of nitrogens with zero attached hydrogens (tertiary/aromatic N) is 2. The summed E-state index contributed by atoms with van der Waals surface area (Å²) in [5.74, 6) is 0.715. The highest BCUT2D eigenvalue weighted by Gasteiger charge is 2.28. The first-order valence-electron chi connectivity index (χ1n) is 5.29. The molecule has 0 aliphatic carbocycles. The number of nitrogen functional groups attached to an aromatic ring is 1. The highest BCUT2D eigenvalue weighted by Crippen LogP contribution is 2.20. The molecule has 1 aliphatic heterocycles. The van der Waals surface area contributed by atoms with Crippen molar-refractivity contribution in [3.05, 3.63) is 11.8 Å². The molecule has 0 bridgehead atoms. The number of amides is 1. The van der Waals surface area contributed by atoms with Gasteiger partial charge in [-0.25, -0.2) is 0 Å². The molecule has 16 heavy (non-hydrogen) atoms. The third-order valence-electron chi connectivity index (χ3n) is 2.87. The van der Waals surface area contributed by atoms with Crippen LogP contribution in [0.2, 0.25) is 0 Å². The lowest BCUT2D eigenvalue weighted by atomic mass is 10.1. The number of hydrogen-bond donors (Lipinski definition) is 2. The Kier molecular flexibility index (Phi) is 3.09. The number of rotatable bonds is 3. The fourth-order valence-corrected chi connectivity index (χ4v) is 2.03. The zero-order valence-electron chi connectivity index (χ0n) is 9.27. The molecule has 1 amide bonds. The van der Waals surface area contributed by atoms with E-state index in [2.05, 4.69) is 10.2 Å². The quantitative estimate of drug-likeness (QED) is 0.762. The number of H-pyrrole nitrogens is 1. The van der Waals surface area contributed by atoms with Gasteiger partial charge in [0.1, 0.15) is 11.4 Å². The average molecular weight is 224 g/mol. The molecule has 6 nitrogen and oxygen atoms in total. The van der Waals surface area contributed by atoms with E-state index < -0.39 is 0 Å². The third-order valence-corrected chi connectivity index (χ3v) is 2.87. The highest BCUT2D eigenvalue weighted by atomic mass is 16.5. The molecule has 6 heteroatoms. The van der Waals surface area contributed by atoms with Crippen molar-refractivity contribution in [3.8, 4) is 0 Å². The number of likely N-dealkylation sites (tertiary alicyclic amines) is 1. The van der Waals surface area contributed by atoms with Crippen LogP contribution in [0.4, 0.5) is 5.82 Å². The Morgan fingerprint density at radius 2 is 2.62 bits per heavy atom. The predicted molar refractivity (Wildman–Crippen MR) is 58.9 cm³/mol. The highest BCUT2D eigenvalue weighted by molar-refractivity contribution is 5.98. The van der Waals surface area contributed by atoms with Crippen molar-refractivity contribution in [2.24, 2.45) is 5.92 Å². The largest absolute Gasteiger partial charge is 0.384 e.